The van der Waals surface area contributed by atoms with Crippen molar-refractivity contribution in [2.75, 3.05) is 19.9 Å². The molecule has 1 amide bonds. The first-order valence-electron chi connectivity index (χ1n) is 7.99. The minimum atomic E-state index is -0.463. The van der Waals surface area contributed by atoms with Gasteiger partial charge in [0.2, 0.25) is 6.79 Å². The fourth-order valence-corrected chi connectivity index (χ4v) is 2.87. The second-order valence-corrected chi connectivity index (χ2v) is 7.05. The van der Waals surface area contributed by atoms with E-state index in [-0.39, 0.29) is 12.1 Å². The van der Waals surface area contributed by atoms with Crippen LogP contribution >= 0.6 is 0 Å². The zero-order chi connectivity index (χ0) is 16.4. The smallest absolute Gasteiger partial charge is 0.407 e. The maximum Gasteiger partial charge on any atom is 0.407 e. The summed E-state index contributed by atoms with van der Waals surface area (Å²) in [6.07, 6.45) is 0.594. The molecular formula is C17H24N2O4. The molecule has 2 aliphatic heterocycles. The molecule has 1 fully saturated rings. The van der Waals surface area contributed by atoms with Gasteiger partial charge in [-0.2, -0.15) is 0 Å². The number of carbonyl (C=O) groups is 1. The highest BCUT2D eigenvalue weighted by molar-refractivity contribution is 5.68. The lowest BCUT2D eigenvalue weighted by atomic mass is 10.2. The van der Waals surface area contributed by atoms with Crippen LogP contribution in [0.2, 0.25) is 0 Å². The summed E-state index contributed by atoms with van der Waals surface area (Å²) in [6.45, 7) is 8.52. The zero-order valence-electron chi connectivity index (χ0n) is 13.9. The van der Waals surface area contributed by atoms with E-state index in [2.05, 4.69) is 16.3 Å². The molecule has 2 heterocycles. The number of fused-ring (bicyclic) bond motifs is 1. The van der Waals surface area contributed by atoms with Crippen LogP contribution in [-0.2, 0) is 11.3 Å². The van der Waals surface area contributed by atoms with Crippen molar-refractivity contribution in [2.24, 2.45) is 0 Å². The number of carbonyl (C=O) groups excluding carboxylic acids is 1. The van der Waals surface area contributed by atoms with E-state index in [1.165, 1.54) is 5.56 Å². The van der Waals surface area contributed by atoms with Crippen molar-refractivity contribution in [3.63, 3.8) is 0 Å². The van der Waals surface area contributed by atoms with E-state index in [1.54, 1.807) is 0 Å². The van der Waals surface area contributed by atoms with E-state index in [4.69, 9.17) is 14.2 Å². The summed E-state index contributed by atoms with van der Waals surface area (Å²) in [5.41, 5.74) is 0.724. The molecule has 6 nitrogen and oxygen atoms in total. The topological polar surface area (TPSA) is 60.0 Å². The highest BCUT2D eigenvalue weighted by Crippen LogP contribution is 2.33. The van der Waals surface area contributed by atoms with Gasteiger partial charge in [-0.3, -0.25) is 4.90 Å². The van der Waals surface area contributed by atoms with Gasteiger partial charge in [-0.05, 0) is 44.9 Å². The fraction of sp³-hybridized carbons (Fsp3) is 0.588. The SMILES string of the molecule is CC(C)(C)OC(=O)N[C@H]1CCN(Cc2ccc3c(c2)OCO3)C1. The average Bonchev–Trinajstić information content (AvgIpc) is 3.05. The maximum absolute atomic E-state index is 11.8. The molecule has 1 aromatic rings. The molecule has 1 aromatic carbocycles. The van der Waals surface area contributed by atoms with Crippen LogP contribution in [0.4, 0.5) is 4.79 Å². The summed E-state index contributed by atoms with van der Waals surface area (Å²) < 4.78 is 16.0. The van der Waals surface area contributed by atoms with E-state index in [0.717, 1.165) is 37.6 Å². The lowest BCUT2D eigenvalue weighted by molar-refractivity contribution is 0.0505. The molecule has 3 rings (SSSR count). The predicted molar refractivity (Wildman–Crippen MR) is 85.6 cm³/mol. The molecule has 1 atom stereocenters. The Morgan fingerprint density at radius 1 is 1.35 bits per heavy atom. The molecule has 1 saturated heterocycles. The molecule has 6 heteroatoms. The van der Waals surface area contributed by atoms with E-state index in [9.17, 15) is 4.79 Å². The van der Waals surface area contributed by atoms with Crippen LogP contribution in [0.25, 0.3) is 0 Å². The molecule has 0 unspecified atom stereocenters. The van der Waals surface area contributed by atoms with Gasteiger partial charge in [-0.25, -0.2) is 4.79 Å². The van der Waals surface area contributed by atoms with Gasteiger partial charge in [0.25, 0.3) is 0 Å². The lowest BCUT2D eigenvalue weighted by Crippen LogP contribution is -2.40. The number of amides is 1. The van der Waals surface area contributed by atoms with E-state index < -0.39 is 5.60 Å². The van der Waals surface area contributed by atoms with Crippen molar-refractivity contribution in [3.05, 3.63) is 23.8 Å². The Hall–Kier alpha value is -1.95. The van der Waals surface area contributed by atoms with E-state index in [1.807, 2.05) is 32.9 Å². The summed E-state index contributed by atoms with van der Waals surface area (Å²) in [5, 5.41) is 2.95. The van der Waals surface area contributed by atoms with Gasteiger partial charge in [-0.15, -0.1) is 0 Å². The monoisotopic (exact) mass is 320 g/mol. The number of hydrogen-bond donors (Lipinski definition) is 1. The molecule has 0 radical (unpaired) electrons. The van der Waals surface area contributed by atoms with E-state index >= 15 is 0 Å². The summed E-state index contributed by atoms with van der Waals surface area (Å²) in [5.74, 6) is 1.62. The van der Waals surface area contributed by atoms with Gasteiger partial charge in [-0.1, -0.05) is 6.07 Å². The third-order valence-corrected chi connectivity index (χ3v) is 3.84. The first kappa shape index (κ1) is 15.9. The molecule has 0 aliphatic carbocycles. The summed E-state index contributed by atoms with van der Waals surface area (Å²) in [6, 6.07) is 6.17. The molecule has 0 aromatic heterocycles. The van der Waals surface area contributed by atoms with Crippen molar-refractivity contribution in [2.45, 2.75) is 45.4 Å². The van der Waals surface area contributed by atoms with Crippen molar-refractivity contribution >= 4 is 6.09 Å². The van der Waals surface area contributed by atoms with Crippen molar-refractivity contribution in [3.8, 4) is 11.5 Å². The van der Waals surface area contributed by atoms with Crippen LogP contribution in [-0.4, -0.2) is 42.5 Å². The Morgan fingerprint density at radius 3 is 2.91 bits per heavy atom. The van der Waals surface area contributed by atoms with Gasteiger partial charge < -0.3 is 19.5 Å². The number of likely N-dealkylation sites (tertiary alicyclic amines) is 1. The molecule has 1 N–H and O–H groups in total. The normalized spacial score (nSPS) is 20.6. The first-order chi connectivity index (χ1) is 10.9. The van der Waals surface area contributed by atoms with Crippen molar-refractivity contribution in [1.29, 1.82) is 0 Å². The second-order valence-electron chi connectivity index (χ2n) is 7.05. The number of ether oxygens (including phenoxy) is 3. The van der Waals surface area contributed by atoms with Gasteiger partial charge in [0, 0.05) is 25.7 Å². The van der Waals surface area contributed by atoms with Crippen LogP contribution in [0.3, 0.4) is 0 Å². The second kappa shape index (κ2) is 6.28. The summed E-state index contributed by atoms with van der Waals surface area (Å²) in [4.78, 5) is 14.1. The third-order valence-electron chi connectivity index (χ3n) is 3.84. The number of hydrogen-bond acceptors (Lipinski definition) is 5. The fourth-order valence-electron chi connectivity index (χ4n) is 2.87. The van der Waals surface area contributed by atoms with Crippen LogP contribution in [0, 0.1) is 0 Å². The number of nitrogens with one attached hydrogen (secondary N) is 1. The lowest BCUT2D eigenvalue weighted by Gasteiger charge is -2.22. The highest BCUT2D eigenvalue weighted by atomic mass is 16.7. The number of alkyl carbamates (subject to hydrolysis) is 1. The minimum absolute atomic E-state index is 0.138. The Morgan fingerprint density at radius 2 is 2.13 bits per heavy atom. The predicted octanol–water partition coefficient (Wildman–Crippen LogP) is 2.51. The molecule has 23 heavy (non-hydrogen) atoms. The van der Waals surface area contributed by atoms with Crippen molar-refractivity contribution in [1.82, 2.24) is 10.2 Å². The number of nitrogens with zero attached hydrogens (tertiary/aromatic N) is 1. The first-order valence-corrected chi connectivity index (χ1v) is 7.99. The molecule has 126 valence electrons. The van der Waals surface area contributed by atoms with E-state index in [0.29, 0.717) is 6.79 Å². The van der Waals surface area contributed by atoms with Crippen LogP contribution in [0.1, 0.15) is 32.8 Å². The molecular weight excluding hydrogens is 296 g/mol. The molecule has 0 saturated carbocycles. The molecule has 0 bridgehead atoms. The van der Waals surface area contributed by atoms with Crippen molar-refractivity contribution < 1.29 is 19.0 Å². The number of rotatable bonds is 3. The van der Waals surface area contributed by atoms with Gasteiger partial charge in [0.1, 0.15) is 5.60 Å². The minimum Gasteiger partial charge on any atom is -0.454 e. The highest BCUT2D eigenvalue weighted by Gasteiger charge is 2.26. The van der Waals surface area contributed by atoms with Crippen LogP contribution in [0.5, 0.6) is 11.5 Å². The number of benzene rings is 1. The summed E-state index contributed by atoms with van der Waals surface area (Å²) >= 11 is 0. The van der Waals surface area contributed by atoms with Crippen LogP contribution in [0.15, 0.2) is 18.2 Å². The van der Waals surface area contributed by atoms with Gasteiger partial charge in [0.05, 0.1) is 0 Å². The summed E-state index contributed by atoms with van der Waals surface area (Å²) in [7, 11) is 0. The molecule has 0 spiro atoms. The standard InChI is InChI=1S/C17H24N2O4/c1-17(2,3)23-16(20)18-13-6-7-19(10-13)9-12-4-5-14-15(8-12)22-11-21-14/h4-5,8,13H,6-7,9-11H2,1-3H3,(H,18,20)/t13-/m0/s1. The maximum atomic E-state index is 11.8. The Balaban J connectivity index is 1.49. The quantitative estimate of drug-likeness (QED) is 0.927. The average molecular weight is 320 g/mol. The van der Waals surface area contributed by atoms with Crippen LogP contribution < -0.4 is 14.8 Å². The van der Waals surface area contributed by atoms with Gasteiger partial charge >= 0.3 is 6.09 Å². The Labute approximate surface area is 136 Å². The third kappa shape index (κ3) is 4.28. The Bertz CT molecular complexity index is 582. The Kier molecular flexibility index (Phi) is 4.35. The largest absolute Gasteiger partial charge is 0.454 e. The zero-order valence-corrected chi connectivity index (χ0v) is 13.9. The molecule has 2 aliphatic rings. The van der Waals surface area contributed by atoms with Gasteiger partial charge in [0.15, 0.2) is 11.5 Å².